The van der Waals surface area contributed by atoms with Crippen molar-refractivity contribution in [3.05, 3.63) is 0 Å². The van der Waals surface area contributed by atoms with E-state index < -0.39 is 24.6 Å². The minimum Gasteiger partial charge on any atom is -0.438 e. The van der Waals surface area contributed by atoms with Crippen molar-refractivity contribution in [2.24, 2.45) is 0 Å². The molecule has 0 aromatic carbocycles. The standard InChI is InChI=1S/2C4H8O4.C3H4O3.C3H6O3.C2H6O2.2C2H6.2CH4O.4CH4/c2*1-7-4(6)8-3-2-5;4-3-5-1-2-6-3;1-5-3(4)6-2;3-1-2-4;4*1-2;;;;/h2*5H,2-3H2,1H3;1-2H2;1-2H3;3-4H,1-2H2;2*1-2H3;2*2H,1H3;4*1H4/i;;;;;1D;;;;;;;. The van der Waals surface area contributed by atoms with Gasteiger partial charge in [-0.1, -0.05) is 57.4 Å². The Labute approximate surface area is 267 Å². The first-order chi connectivity index (χ1) is 19.6. The Hall–Kier alpha value is -3.16. The van der Waals surface area contributed by atoms with Crippen molar-refractivity contribution in [3.8, 4) is 0 Å². The highest BCUT2D eigenvalue weighted by Gasteiger charge is 2.09. The summed E-state index contributed by atoms with van der Waals surface area (Å²) in [7, 11) is 6.93. The van der Waals surface area contributed by atoms with Gasteiger partial charge in [0.15, 0.2) is 0 Å². The predicted octanol–water partition coefficient (Wildman–Crippen LogP) is 2.86. The van der Waals surface area contributed by atoms with E-state index in [4.69, 9.17) is 32.0 Å². The number of carbonyl (C=O) groups is 4. The Bertz CT molecular complexity index is 435. The minimum atomic E-state index is -0.765. The van der Waals surface area contributed by atoms with Gasteiger partial charge in [-0.2, -0.15) is 0 Å². The zero-order chi connectivity index (χ0) is 34.3. The zero-order valence-corrected chi connectivity index (χ0v) is 24.9. The lowest BCUT2D eigenvalue weighted by molar-refractivity contribution is 0.0579. The summed E-state index contributed by atoms with van der Waals surface area (Å²) in [6.07, 6.45) is -2.73. The molecular formula is C26H68O18. The zero-order valence-electron chi connectivity index (χ0n) is 25.9. The van der Waals surface area contributed by atoms with E-state index in [1.165, 1.54) is 28.4 Å². The van der Waals surface area contributed by atoms with Gasteiger partial charge in [-0.3, -0.25) is 0 Å². The quantitative estimate of drug-likeness (QED) is 0.181. The van der Waals surface area contributed by atoms with Gasteiger partial charge in [-0.25, -0.2) is 19.2 Å². The second-order valence-corrected chi connectivity index (χ2v) is 4.10. The molecule has 0 aromatic rings. The van der Waals surface area contributed by atoms with E-state index in [1.54, 1.807) is 6.92 Å². The number of aliphatic hydroxyl groups is 6. The summed E-state index contributed by atoms with van der Waals surface area (Å²) in [6, 6.07) is 0. The first-order valence-electron chi connectivity index (χ1n) is 11.8. The van der Waals surface area contributed by atoms with Gasteiger partial charge in [0.25, 0.3) is 0 Å². The number of rotatable bonds is 5. The third-order valence-electron chi connectivity index (χ3n) is 1.91. The van der Waals surface area contributed by atoms with Crippen LogP contribution in [0.3, 0.4) is 0 Å². The molecule has 0 atom stereocenters. The molecule has 0 spiro atoms. The number of carbonyl (C=O) groups excluding carboxylic acids is 4. The van der Waals surface area contributed by atoms with E-state index in [1.807, 2.05) is 13.8 Å². The van der Waals surface area contributed by atoms with Crippen LogP contribution in [-0.4, -0.2) is 151 Å². The Balaban J connectivity index is -0.0000000281. The molecule has 1 aliphatic heterocycles. The van der Waals surface area contributed by atoms with Crippen molar-refractivity contribution in [3.63, 3.8) is 0 Å². The largest absolute Gasteiger partial charge is 0.508 e. The summed E-state index contributed by atoms with van der Waals surface area (Å²) in [4.78, 5) is 39.6. The van der Waals surface area contributed by atoms with Crippen molar-refractivity contribution >= 4 is 24.6 Å². The molecule has 1 heterocycles. The Morgan fingerprint density at radius 3 is 0.932 bits per heavy atom. The van der Waals surface area contributed by atoms with Gasteiger partial charge in [0.1, 0.15) is 26.4 Å². The second-order valence-electron chi connectivity index (χ2n) is 4.10. The molecule has 18 nitrogen and oxygen atoms in total. The third-order valence-corrected chi connectivity index (χ3v) is 1.91. The summed E-state index contributed by atoms with van der Waals surface area (Å²) in [6.45, 7) is 6.52. The molecule has 44 heavy (non-hydrogen) atoms. The second kappa shape index (κ2) is 97.4. The third kappa shape index (κ3) is 128. The molecule has 18 heteroatoms. The lowest BCUT2D eigenvalue weighted by atomic mass is 10.8. The van der Waals surface area contributed by atoms with Gasteiger partial charge < -0.3 is 68.5 Å². The molecule has 280 valence electrons. The molecule has 0 saturated carbocycles. The molecule has 1 saturated heterocycles. The number of ether oxygens (including phenoxy) is 8. The van der Waals surface area contributed by atoms with Crippen molar-refractivity contribution in [2.75, 3.05) is 95.5 Å². The van der Waals surface area contributed by atoms with Crippen molar-refractivity contribution in [2.45, 2.75) is 57.4 Å². The van der Waals surface area contributed by atoms with E-state index in [-0.39, 0.29) is 69.3 Å². The van der Waals surface area contributed by atoms with Crippen LogP contribution in [0.15, 0.2) is 0 Å². The van der Waals surface area contributed by atoms with Crippen LogP contribution in [0.5, 0.6) is 0 Å². The topological polar surface area (TPSA) is 263 Å². The van der Waals surface area contributed by atoms with Gasteiger partial charge in [-0.05, 0) is 0 Å². The minimum absolute atomic E-state index is 0. The highest BCUT2D eigenvalue weighted by atomic mass is 16.8. The maximum Gasteiger partial charge on any atom is 0.508 e. The van der Waals surface area contributed by atoms with Crippen molar-refractivity contribution in [1.29, 1.82) is 0 Å². The van der Waals surface area contributed by atoms with Crippen LogP contribution in [0.25, 0.3) is 0 Å². The molecule has 0 amide bonds. The maximum absolute atomic E-state index is 10.0. The fourth-order valence-corrected chi connectivity index (χ4v) is 0.751. The van der Waals surface area contributed by atoms with Crippen LogP contribution in [0.2, 0.25) is 0 Å². The Morgan fingerprint density at radius 2 is 0.841 bits per heavy atom. The fourth-order valence-electron chi connectivity index (χ4n) is 0.751. The average molecular weight is 670 g/mol. The first-order valence-corrected chi connectivity index (χ1v) is 11.1. The maximum atomic E-state index is 10.0. The molecule has 1 aliphatic rings. The van der Waals surface area contributed by atoms with Gasteiger partial charge in [-0.15, -0.1) is 0 Å². The number of methoxy groups -OCH3 is 4. The van der Waals surface area contributed by atoms with Crippen molar-refractivity contribution in [1.82, 2.24) is 0 Å². The van der Waals surface area contributed by atoms with Gasteiger partial charge in [0, 0.05) is 15.6 Å². The molecule has 1 fully saturated rings. The summed E-state index contributed by atoms with van der Waals surface area (Å²) < 4.78 is 39.5. The molecule has 1 rings (SSSR count). The van der Waals surface area contributed by atoms with E-state index in [9.17, 15) is 19.2 Å². The monoisotopic (exact) mass is 669 g/mol. The first kappa shape index (κ1) is 72.8. The number of hydrogen-bond acceptors (Lipinski definition) is 18. The molecule has 0 radical (unpaired) electrons. The lowest BCUT2D eigenvalue weighted by Gasteiger charge is -1.97. The Morgan fingerprint density at radius 1 is 0.614 bits per heavy atom. The SMILES string of the molecule is C.C.C.C.CC.CO.CO.COC(=O)OC.COC(=O)OCCO.COC(=O)OCCO.O=C1OCCO1.OCCO.[2H]CC. The van der Waals surface area contributed by atoms with E-state index in [2.05, 4.69) is 37.9 Å². The Kier molecular flexibility index (Phi) is 161. The number of aliphatic hydroxyl groups excluding tert-OH is 6. The highest BCUT2D eigenvalue weighted by molar-refractivity contribution is 5.61. The van der Waals surface area contributed by atoms with E-state index in [0.717, 1.165) is 14.2 Å². The molecule has 0 unspecified atom stereocenters. The summed E-state index contributed by atoms with van der Waals surface area (Å²) in [5.41, 5.74) is 0. The van der Waals surface area contributed by atoms with Crippen LogP contribution in [0.1, 0.15) is 58.7 Å². The van der Waals surface area contributed by atoms with Crippen LogP contribution in [0.4, 0.5) is 19.2 Å². The van der Waals surface area contributed by atoms with E-state index >= 15 is 0 Å². The lowest BCUT2D eigenvalue weighted by Crippen LogP contribution is -2.07. The molecule has 0 aliphatic carbocycles. The summed E-state index contributed by atoms with van der Waals surface area (Å²) >= 11 is 0. The molecule has 0 aromatic heterocycles. The fraction of sp³-hybridized carbons (Fsp3) is 0.846. The highest BCUT2D eigenvalue weighted by Crippen LogP contribution is 1.92. The van der Waals surface area contributed by atoms with Crippen LogP contribution >= 0.6 is 0 Å². The molecule has 0 bridgehead atoms. The molecule has 6 N–H and O–H groups in total. The van der Waals surface area contributed by atoms with Crippen LogP contribution in [0, 0.1) is 0 Å². The number of cyclic esters (lactones) is 2. The van der Waals surface area contributed by atoms with E-state index in [0.29, 0.717) is 20.1 Å². The summed E-state index contributed by atoms with van der Waals surface area (Å²) in [5, 5.41) is 45.4. The summed E-state index contributed by atoms with van der Waals surface area (Å²) in [5.74, 6) is 0. The number of hydrogen-bond donors (Lipinski definition) is 6. The van der Waals surface area contributed by atoms with Crippen molar-refractivity contribution < 1.29 is 89.1 Å². The van der Waals surface area contributed by atoms with Gasteiger partial charge >= 0.3 is 24.6 Å². The van der Waals surface area contributed by atoms with Crippen LogP contribution < -0.4 is 0 Å². The van der Waals surface area contributed by atoms with Gasteiger partial charge in [0.2, 0.25) is 0 Å². The predicted molar refractivity (Wildman–Crippen MR) is 168 cm³/mol. The average Bonchev–Trinajstić information content (AvgIpc) is 3.53. The van der Waals surface area contributed by atoms with Gasteiger partial charge in [0.05, 0.1) is 54.9 Å². The smallest absolute Gasteiger partial charge is 0.438 e. The molecular weight excluding hydrogens is 600 g/mol. The van der Waals surface area contributed by atoms with Crippen LogP contribution in [-0.2, 0) is 37.9 Å². The normalized spacial score (nSPS) is 8.16.